The standard InChI is InChI=1S/C12H17BrN2O2/c13-11-9-10(3-6-17-14)1-2-12(11)15-4-7-16-8-5-15/h1-2,9H,3-8,14H2. The fraction of sp³-hybridized carbons (Fsp3) is 0.500. The van der Waals surface area contributed by atoms with Gasteiger partial charge in [0.2, 0.25) is 0 Å². The number of nitrogens with two attached hydrogens (primary N) is 1. The summed E-state index contributed by atoms with van der Waals surface area (Å²) in [5.74, 6) is 5.03. The molecule has 1 aliphatic heterocycles. The Morgan fingerprint density at radius 1 is 1.35 bits per heavy atom. The topological polar surface area (TPSA) is 47.7 Å². The van der Waals surface area contributed by atoms with E-state index in [-0.39, 0.29) is 0 Å². The molecule has 1 saturated heterocycles. The van der Waals surface area contributed by atoms with Crippen molar-refractivity contribution in [1.29, 1.82) is 0 Å². The van der Waals surface area contributed by atoms with E-state index in [2.05, 4.69) is 43.9 Å². The van der Waals surface area contributed by atoms with E-state index in [9.17, 15) is 0 Å². The van der Waals surface area contributed by atoms with Crippen LogP contribution in [0.25, 0.3) is 0 Å². The molecule has 0 aromatic heterocycles. The minimum absolute atomic E-state index is 0.545. The Labute approximate surface area is 110 Å². The normalized spacial score (nSPS) is 16.2. The molecule has 1 heterocycles. The summed E-state index contributed by atoms with van der Waals surface area (Å²) in [5, 5.41) is 0. The van der Waals surface area contributed by atoms with Gasteiger partial charge in [-0.2, -0.15) is 0 Å². The van der Waals surface area contributed by atoms with Crippen molar-refractivity contribution >= 4 is 21.6 Å². The maximum atomic E-state index is 5.35. The van der Waals surface area contributed by atoms with Gasteiger partial charge in [0.1, 0.15) is 0 Å². The summed E-state index contributed by atoms with van der Waals surface area (Å²) >= 11 is 3.62. The molecule has 0 aliphatic carbocycles. The molecular formula is C12H17BrN2O2. The van der Waals surface area contributed by atoms with Gasteiger partial charge in [0.15, 0.2) is 0 Å². The molecule has 0 radical (unpaired) electrons. The third-order valence-electron chi connectivity index (χ3n) is 2.87. The van der Waals surface area contributed by atoms with Crippen molar-refractivity contribution in [2.45, 2.75) is 6.42 Å². The number of rotatable bonds is 4. The minimum Gasteiger partial charge on any atom is -0.378 e. The maximum absolute atomic E-state index is 5.35. The number of anilines is 1. The summed E-state index contributed by atoms with van der Waals surface area (Å²) in [6.45, 7) is 4.04. The third kappa shape index (κ3) is 3.42. The predicted octanol–water partition coefficient (Wildman–Crippen LogP) is 1.72. The number of hydrogen-bond acceptors (Lipinski definition) is 4. The summed E-state index contributed by atoms with van der Waals surface area (Å²) in [6, 6.07) is 6.39. The van der Waals surface area contributed by atoms with Crippen LogP contribution in [0.5, 0.6) is 0 Å². The molecule has 5 heteroatoms. The first-order valence-electron chi connectivity index (χ1n) is 5.74. The van der Waals surface area contributed by atoms with Crippen molar-refractivity contribution in [3.05, 3.63) is 28.2 Å². The van der Waals surface area contributed by atoms with E-state index in [4.69, 9.17) is 10.6 Å². The summed E-state index contributed by atoms with van der Waals surface area (Å²) in [5.41, 5.74) is 2.45. The van der Waals surface area contributed by atoms with Crippen molar-refractivity contribution in [2.24, 2.45) is 5.90 Å². The van der Waals surface area contributed by atoms with Crippen molar-refractivity contribution in [3.63, 3.8) is 0 Å². The van der Waals surface area contributed by atoms with Crippen LogP contribution in [-0.4, -0.2) is 32.9 Å². The molecule has 17 heavy (non-hydrogen) atoms. The number of nitrogens with zero attached hydrogens (tertiary/aromatic N) is 1. The quantitative estimate of drug-likeness (QED) is 0.860. The predicted molar refractivity (Wildman–Crippen MR) is 71.0 cm³/mol. The highest BCUT2D eigenvalue weighted by Gasteiger charge is 2.13. The second-order valence-corrected chi connectivity index (χ2v) is 4.86. The van der Waals surface area contributed by atoms with E-state index in [0.717, 1.165) is 37.2 Å². The van der Waals surface area contributed by atoms with Gasteiger partial charge in [-0.1, -0.05) is 6.07 Å². The van der Waals surface area contributed by atoms with Crippen LogP contribution < -0.4 is 10.8 Å². The second kappa shape index (κ2) is 6.35. The van der Waals surface area contributed by atoms with E-state index >= 15 is 0 Å². The van der Waals surface area contributed by atoms with Crippen LogP contribution in [0, 0.1) is 0 Å². The smallest absolute Gasteiger partial charge is 0.0719 e. The average molecular weight is 301 g/mol. The molecule has 0 saturated carbocycles. The molecule has 1 aromatic rings. The molecule has 1 fully saturated rings. The SMILES string of the molecule is NOCCc1ccc(N2CCOCC2)c(Br)c1. The van der Waals surface area contributed by atoms with Crippen molar-refractivity contribution in [1.82, 2.24) is 0 Å². The Balaban J connectivity index is 2.07. The highest BCUT2D eigenvalue weighted by Crippen LogP contribution is 2.28. The van der Waals surface area contributed by atoms with Crippen molar-refractivity contribution in [2.75, 3.05) is 37.8 Å². The number of halogens is 1. The van der Waals surface area contributed by atoms with E-state index < -0.39 is 0 Å². The lowest BCUT2D eigenvalue weighted by molar-refractivity contribution is 0.122. The van der Waals surface area contributed by atoms with Gasteiger partial charge >= 0.3 is 0 Å². The first kappa shape index (κ1) is 12.8. The van der Waals surface area contributed by atoms with Gasteiger partial charge < -0.3 is 14.5 Å². The summed E-state index contributed by atoms with van der Waals surface area (Å²) in [7, 11) is 0. The third-order valence-corrected chi connectivity index (χ3v) is 3.51. The number of ether oxygens (including phenoxy) is 1. The maximum Gasteiger partial charge on any atom is 0.0719 e. The van der Waals surface area contributed by atoms with Gasteiger partial charge in [-0.05, 0) is 40.0 Å². The fourth-order valence-corrected chi connectivity index (χ4v) is 2.62. The zero-order valence-electron chi connectivity index (χ0n) is 9.69. The highest BCUT2D eigenvalue weighted by atomic mass is 79.9. The van der Waals surface area contributed by atoms with Crippen LogP contribution >= 0.6 is 15.9 Å². The Kier molecular flexibility index (Phi) is 4.79. The Morgan fingerprint density at radius 3 is 2.76 bits per heavy atom. The van der Waals surface area contributed by atoms with E-state index in [0.29, 0.717) is 6.61 Å². The number of benzene rings is 1. The number of morpholine rings is 1. The van der Waals surface area contributed by atoms with Crippen LogP contribution in [0.4, 0.5) is 5.69 Å². The van der Waals surface area contributed by atoms with E-state index in [1.807, 2.05) is 0 Å². The van der Waals surface area contributed by atoms with Gasteiger partial charge in [0.05, 0.1) is 25.5 Å². The lowest BCUT2D eigenvalue weighted by Gasteiger charge is -2.29. The van der Waals surface area contributed by atoms with E-state index in [1.165, 1.54) is 11.3 Å². The van der Waals surface area contributed by atoms with Crippen LogP contribution in [0.1, 0.15) is 5.56 Å². The zero-order chi connectivity index (χ0) is 12.1. The Hall–Kier alpha value is -0.620. The van der Waals surface area contributed by atoms with Crippen LogP contribution in [0.3, 0.4) is 0 Å². The molecular weight excluding hydrogens is 284 g/mol. The van der Waals surface area contributed by atoms with Gasteiger partial charge in [0.25, 0.3) is 0 Å². The lowest BCUT2D eigenvalue weighted by Crippen LogP contribution is -2.36. The lowest BCUT2D eigenvalue weighted by atomic mass is 10.1. The summed E-state index contributed by atoms with van der Waals surface area (Å²) in [4.78, 5) is 6.92. The average Bonchev–Trinajstić information content (AvgIpc) is 2.37. The van der Waals surface area contributed by atoms with Gasteiger partial charge in [-0.3, -0.25) is 0 Å². The highest BCUT2D eigenvalue weighted by molar-refractivity contribution is 9.10. The molecule has 0 bridgehead atoms. The first-order valence-corrected chi connectivity index (χ1v) is 6.53. The second-order valence-electron chi connectivity index (χ2n) is 4.01. The molecule has 0 atom stereocenters. The molecule has 1 aliphatic rings. The van der Waals surface area contributed by atoms with Gasteiger partial charge in [0, 0.05) is 17.6 Å². The van der Waals surface area contributed by atoms with Crippen LogP contribution in [0.15, 0.2) is 22.7 Å². The molecule has 2 N–H and O–H groups in total. The molecule has 0 amide bonds. The summed E-state index contributed by atoms with van der Waals surface area (Å²) in [6.07, 6.45) is 0.832. The van der Waals surface area contributed by atoms with Crippen LogP contribution in [0.2, 0.25) is 0 Å². The summed E-state index contributed by atoms with van der Waals surface area (Å²) < 4.78 is 6.47. The largest absolute Gasteiger partial charge is 0.378 e. The Bertz CT molecular complexity index is 368. The van der Waals surface area contributed by atoms with Crippen molar-refractivity contribution < 1.29 is 9.57 Å². The molecule has 4 nitrogen and oxygen atoms in total. The molecule has 0 spiro atoms. The van der Waals surface area contributed by atoms with Gasteiger partial charge in [-0.25, -0.2) is 5.90 Å². The van der Waals surface area contributed by atoms with Crippen molar-refractivity contribution in [3.8, 4) is 0 Å². The first-order chi connectivity index (χ1) is 8.31. The van der Waals surface area contributed by atoms with E-state index in [1.54, 1.807) is 0 Å². The monoisotopic (exact) mass is 300 g/mol. The number of hydrogen-bond donors (Lipinski definition) is 1. The van der Waals surface area contributed by atoms with Gasteiger partial charge in [-0.15, -0.1) is 0 Å². The molecule has 2 rings (SSSR count). The molecule has 94 valence electrons. The fourth-order valence-electron chi connectivity index (χ4n) is 1.94. The zero-order valence-corrected chi connectivity index (χ0v) is 11.3. The molecule has 1 aromatic carbocycles. The Morgan fingerprint density at radius 2 is 2.12 bits per heavy atom. The molecule has 0 unspecified atom stereocenters. The minimum atomic E-state index is 0.545. The van der Waals surface area contributed by atoms with Crippen LogP contribution in [-0.2, 0) is 16.0 Å².